The van der Waals surface area contributed by atoms with Crippen LogP contribution < -0.4 is 5.32 Å². The van der Waals surface area contributed by atoms with Crippen LogP contribution in [0.1, 0.15) is 28.6 Å². The zero-order valence-corrected chi connectivity index (χ0v) is 17.2. The Hall–Kier alpha value is -3.16. The Labute approximate surface area is 181 Å². The number of morpholine rings is 1. The van der Waals surface area contributed by atoms with E-state index in [1.807, 2.05) is 36.4 Å². The van der Waals surface area contributed by atoms with Crippen molar-refractivity contribution < 1.29 is 13.9 Å². The van der Waals surface area contributed by atoms with Crippen molar-refractivity contribution in [3.8, 4) is 0 Å². The van der Waals surface area contributed by atoms with Crippen LogP contribution in [0.25, 0.3) is 0 Å². The van der Waals surface area contributed by atoms with Gasteiger partial charge in [-0.2, -0.15) is 0 Å². The smallest absolute Gasteiger partial charge is 0.234 e. The van der Waals surface area contributed by atoms with Crippen molar-refractivity contribution >= 4 is 5.91 Å². The second-order valence-corrected chi connectivity index (χ2v) is 7.55. The van der Waals surface area contributed by atoms with Gasteiger partial charge in [-0.15, -0.1) is 0 Å². The van der Waals surface area contributed by atoms with Crippen LogP contribution in [-0.2, 0) is 22.5 Å². The Balaban J connectivity index is 1.29. The fourth-order valence-corrected chi connectivity index (χ4v) is 3.57. The summed E-state index contributed by atoms with van der Waals surface area (Å²) in [6.07, 6.45) is 3.78. The minimum Gasteiger partial charge on any atom is -0.369 e. The van der Waals surface area contributed by atoms with Crippen LogP contribution in [0.5, 0.6) is 0 Å². The second kappa shape index (κ2) is 10.2. The molecule has 0 aliphatic carbocycles. The van der Waals surface area contributed by atoms with Gasteiger partial charge in [-0.05, 0) is 35.4 Å². The van der Waals surface area contributed by atoms with Crippen LogP contribution in [0.15, 0.2) is 67.0 Å². The number of nitrogens with one attached hydrogen (secondary N) is 1. The Bertz CT molecular complexity index is 998. The van der Waals surface area contributed by atoms with Gasteiger partial charge < -0.3 is 10.1 Å². The molecule has 6 nitrogen and oxygen atoms in total. The van der Waals surface area contributed by atoms with Crippen molar-refractivity contribution in [2.24, 2.45) is 0 Å². The summed E-state index contributed by atoms with van der Waals surface area (Å²) in [7, 11) is 0. The highest BCUT2D eigenvalue weighted by molar-refractivity contribution is 5.77. The highest BCUT2D eigenvalue weighted by Gasteiger charge is 2.24. The number of hydrogen-bond acceptors (Lipinski definition) is 5. The van der Waals surface area contributed by atoms with Gasteiger partial charge in [0.05, 0.1) is 31.1 Å². The van der Waals surface area contributed by atoms with E-state index in [1.165, 1.54) is 6.07 Å². The Kier molecular flexibility index (Phi) is 6.96. The highest BCUT2D eigenvalue weighted by atomic mass is 19.1. The first-order valence-corrected chi connectivity index (χ1v) is 10.4. The molecule has 3 heterocycles. The maximum atomic E-state index is 13.9. The van der Waals surface area contributed by atoms with Gasteiger partial charge in [-0.25, -0.2) is 4.39 Å². The van der Waals surface area contributed by atoms with E-state index >= 15 is 0 Å². The van der Waals surface area contributed by atoms with Crippen molar-refractivity contribution in [3.05, 3.63) is 95.3 Å². The standard InChI is InChI=1S/C24H25FN4O2/c25-21-7-2-1-5-19(21)13-18-8-9-22(27-14-18)23-16-29(11-12-31-23)17-24(30)28-15-20-6-3-4-10-26-20/h1-10,14,23H,11-13,15-17H2,(H,28,30). The predicted octanol–water partition coefficient (Wildman–Crippen LogP) is 2.90. The number of pyridine rings is 2. The number of nitrogens with zero attached hydrogens (tertiary/aromatic N) is 3. The number of benzene rings is 1. The van der Waals surface area contributed by atoms with Crippen molar-refractivity contribution in [3.63, 3.8) is 0 Å². The fourth-order valence-electron chi connectivity index (χ4n) is 3.57. The minimum atomic E-state index is -0.209. The molecular weight excluding hydrogens is 395 g/mol. The minimum absolute atomic E-state index is 0.0421. The lowest BCUT2D eigenvalue weighted by atomic mass is 10.1. The van der Waals surface area contributed by atoms with Crippen LogP contribution in [0.3, 0.4) is 0 Å². The molecule has 7 heteroatoms. The maximum Gasteiger partial charge on any atom is 0.234 e. The molecule has 1 aliphatic rings. The van der Waals surface area contributed by atoms with Crippen LogP contribution in [0.4, 0.5) is 4.39 Å². The lowest BCUT2D eigenvalue weighted by molar-refractivity contribution is -0.124. The molecule has 0 saturated carbocycles. The predicted molar refractivity (Wildman–Crippen MR) is 115 cm³/mol. The van der Waals surface area contributed by atoms with E-state index in [1.54, 1.807) is 24.5 Å². The highest BCUT2D eigenvalue weighted by Crippen LogP contribution is 2.21. The molecule has 31 heavy (non-hydrogen) atoms. The second-order valence-electron chi connectivity index (χ2n) is 7.55. The van der Waals surface area contributed by atoms with Crippen LogP contribution in [-0.4, -0.2) is 47.0 Å². The van der Waals surface area contributed by atoms with E-state index in [-0.39, 0.29) is 17.8 Å². The molecule has 1 fully saturated rings. The zero-order valence-electron chi connectivity index (χ0n) is 17.2. The molecule has 1 aromatic carbocycles. The quantitative estimate of drug-likeness (QED) is 0.637. The summed E-state index contributed by atoms with van der Waals surface area (Å²) in [6, 6.07) is 16.3. The third-order valence-corrected chi connectivity index (χ3v) is 5.24. The van der Waals surface area contributed by atoms with E-state index in [2.05, 4.69) is 20.2 Å². The van der Waals surface area contributed by atoms with Gasteiger partial charge >= 0.3 is 0 Å². The Morgan fingerprint density at radius 2 is 2.00 bits per heavy atom. The number of carbonyl (C=O) groups excluding carboxylic acids is 1. The van der Waals surface area contributed by atoms with Gasteiger partial charge in [-0.1, -0.05) is 30.3 Å². The van der Waals surface area contributed by atoms with E-state index in [0.29, 0.717) is 44.8 Å². The molecule has 1 unspecified atom stereocenters. The van der Waals surface area contributed by atoms with E-state index in [9.17, 15) is 9.18 Å². The average Bonchev–Trinajstić information content (AvgIpc) is 2.81. The van der Waals surface area contributed by atoms with E-state index < -0.39 is 0 Å². The number of carbonyl (C=O) groups is 1. The number of halogens is 1. The fraction of sp³-hybridized carbons (Fsp3) is 0.292. The lowest BCUT2D eigenvalue weighted by Gasteiger charge is -2.32. The molecule has 1 N–H and O–H groups in total. The normalized spacial score (nSPS) is 16.7. The Morgan fingerprint density at radius 3 is 2.77 bits per heavy atom. The van der Waals surface area contributed by atoms with E-state index in [0.717, 1.165) is 17.0 Å². The van der Waals surface area contributed by atoms with Crippen LogP contribution in [0.2, 0.25) is 0 Å². The first-order chi connectivity index (χ1) is 15.2. The summed E-state index contributed by atoms with van der Waals surface area (Å²) in [5, 5.41) is 2.91. The molecule has 160 valence electrons. The molecule has 1 atom stereocenters. The third-order valence-electron chi connectivity index (χ3n) is 5.24. The first kappa shape index (κ1) is 21.1. The maximum absolute atomic E-state index is 13.9. The van der Waals surface area contributed by atoms with Crippen molar-refractivity contribution in [2.45, 2.75) is 19.1 Å². The average molecular weight is 420 g/mol. The molecule has 3 aromatic rings. The number of hydrogen-bond donors (Lipinski definition) is 1. The molecule has 1 amide bonds. The third kappa shape index (κ3) is 5.93. The SMILES string of the molecule is O=C(CN1CCOC(c2ccc(Cc3ccccc3F)cn2)C1)NCc1ccccn1. The topological polar surface area (TPSA) is 67.4 Å². The first-order valence-electron chi connectivity index (χ1n) is 10.4. The number of aromatic nitrogens is 2. The van der Waals surface area contributed by atoms with Crippen molar-refractivity contribution in [1.29, 1.82) is 0 Å². The van der Waals surface area contributed by atoms with Gasteiger partial charge in [0, 0.05) is 31.9 Å². The van der Waals surface area contributed by atoms with E-state index in [4.69, 9.17) is 4.74 Å². The summed E-state index contributed by atoms with van der Waals surface area (Å²) in [4.78, 5) is 23.1. The van der Waals surface area contributed by atoms with Gasteiger partial charge in [0.15, 0.2) is 0 Å². The molecular formula is C24H25FN4O2. The summed E-state index contributed by atoms with van der Waals surface area (Å²) in [5.41, 5.74) is 3.23. The van der Waals surface area contributed by atoms with Crippen LogP contribution in [0, 0.1) is 5.82 Å². The zero-order chi connectivity index (χ0) is 21.5. The molecule has 0 spiro atoms. The summed E-state index contributed by atoms with van der Waals surface area (Å²) >= 11 is 0. The van der Waals surface area contributed by atoms with Gasteiger partial charge in [0.2, 0.25) is 5.91 Å². The molecule has 2 aromatic heterocycles. The monoisotopic (exact) mass is 420 g/mol. The Morgan fingerprint density at radius 1 is 1.13 bits per heavy atom. The largest absolute Gasteiger partial charge is 0.369 e. The van der Waals surface area contributed by atoms with Gasteiger partial charge in [0.1, 0.15) is 11.9 Å². The summed E-state index contributed by atoms with van der Waals surface area (Å²) < 4.78 is 19.7. The summed E-state index contributed by atoms with van der Waals surface area (Å²) in [5.74, 6) is -0.251. The molecule has 4 rings (SSSR count). The number of rotatable bonds is 7. The summed E-state index contributed by atoms with van der Waals surface area (Å²) in [6.45, 7) is 2.54. The number of amides is 1. The molecule has 1 saturated heterocycles. The molecule has 1 aliphatic heterocycles. The lowest BCUT2D eigenvalue weighted by Crippen LogP contribution is -2.44. The molecule has 0 radical (unpaired) electrons. The van der Waals surface area contributed by atoms with Crippen molar-refractivity contribution in [1.82, 2.24) is 20.2 Å². The number of ether oxygens (including phenoxy) is 1. The van der Waals surface area contributed by atoms with Crippen molar-refractivity contribution in [2.75, 3.05) is 26.2 Å². The molecule has 0 bridgehead atoms. The van der Waals surface area contributed by atoms with Crippen LogP contribution >= 0.6 is 0 Å². The van der Waals surface area contributed by atoms with Gasteiger partial charge in [-0.3, -0.25) is 19.7 Å². The van der Waals surface area contributed by atoms with Gasteiger partial charge in [0.25, 0.3) is 0 Å².